The van der Waals surface area contributed by atoms with Gasteiger partial charge in [0.2, 0.25) is 0 Å². The van der Waals surface area contributed by atoms with E-state index in [-0.39, 0.29) is 0 Å². The first-order chi connectivity index (χ1) is 6.36. The molecular weight excluding hydrogens is 162 g/mol. The van der Waals surface area contributed by atoms with Crippen molar-refractivity contribution in [3.63, 3.8) is 0 Å². The van der Waals surface area contributed by atoms with Crippen LogP contribution in [0.15, 0.2) is 0 Å². The third-order valence-electron chi connectivity index (χ3n) is 2.99. The van der Waals surface area contributed by atoms with E-state index >= 15 is 0 Å². The van der Waals surface area contributed by atoms with Crippen molar-refractivity contribution in [3.05, 3.63) is 0 Å². The molecule has 1 N–H and O–H groups in total. The van der Waals surface area contributed by atoms with Crippen molar-refractivity contribution in [3.8, 4) is 0 Å². The summed E-state index contributed by atoms with van der Waals surface area (Å²) in [4.78, 5) is 0. The molecule has 0 spiro atoms. The van der Waals surface area contributed by atoms with Gasteiger partial charge in [0.25, 0.3) is 0 Å². The lowest BCUT2D eigenvalue weighted by molar-refractivity contribution is 0.0164. The van der Waals surface area contributed by atoms with E-state index in [1.807, 2.05) is 7.05 Å². The molecule has 0 aromatic heterocycles. The lowest BCUT2D eigenvalue weighted by atomic mass is 9.98. The molecule has 1 aliphatic rings. The SMILES string of the molecule is CCC(COC1CCCCC1)NC. The predicted octanol–water partition coefficient (Wildman–Crippen LogP) is 2.33. The Bertz CT molecular complexity index is 117. The minimum absolute atomic E-state index is 0.543. The van der Waals surface area contributed by atoms with Crippen LogP contribution in [0.5, 0.6) is 0 Å². The summed E-state index contributed by atoms with van der Waals surface area (Å²) in [6.45, 7) is 3.09. The van der Waals surface area contributed by atoms with Crippen LogP contribution >= 0.6 is 0 Å². The summed E-state index contributed by atoms with van der Waals surface area (Å²) >= 11 is 0. The van der Waals surface area contributed by atoms with E-state index in [1.54, 1.807) is 0 Å². The van der Waals surface area contributed by atoms with Crippen molar-refractivity contribution < 1.29 is 4.74 Å². The zero-order valence-corrected chi connectivity index (χ0v) is 9.01. The van der Waals surface area contributed by atoms with Gasteiger partial charge < -0.3 is 10.1 Å². The van der Waals surface area contributed by atoms with E-state index in [2.05, 4.69) is 12.2 Å². The lowest BCUT2D eigenvalue weighted by Gasteiger charge is -2.24. The van der Waals surface area contributed by atoms with Gasteiger partial charge >= 0.3 is 0 Å². The van der Waals surface area contributed by atoms with Crippen LogP contribution in [0, 0.1) is 0 Å². The fraction of sp³-hybridized carbons (Fsp3) is 1.00. The maximum atomic E-state index is 5.86. The second-order valence-electron chi connectivity index (χ2n) is 3.99. The molecule has 1 fully saturated rings. The highest BCUT2D eigenvalue weighted by Crippen LogP contribution is 2.20. The minimum Gasteiger partial charge on any atom is -0.377 e. The molecule has 0 bridgehead atoms. The Kier molecular flexibility index (Phi) is 5.40. The molecule has 0 aliphatic heterocycles. The Labute approximate surface area is 82.0 Å². The number of likely N-dealkylation sites (N-methyl/N-ethyl adjacent to an activating group) is 1. The highest BCUT2D eigenvalue weighted by molar-refractivity contribution is 4.67. The second kappa shape index (κ2) is 6.39. The van der Waals surface area contributed by atoms with Crippen molar-refractivity contribution >= 4 is 0 Å². The van der Waals surface area contributed by atoms with Crippen molar-refractivity contribution in [2.75, 3.05) is 13.7 Å². The molecule has 0 aromatic carbocycles. The molecule has 0 amide bonds. The van der Waals surface area contributed by atoms with Crippen LogP contribution < -0.4 is 5.32 Å². The number of ether oxygens (including phenoxy) is 1. The van der Waals surface area contributed by atoms with Gasteiger partial charge in [-0.25, -0.2) is 0 Å². The summed E-state index contributed by atoms with van der Waals surface area (Å²) < 4.78 is 5.86. The zero-order chi connectivity index (χ0) is 9.52. The molecule has 1 saturated carbocycles. The lowest BCUT2D eigenvalue weighted by Crippen LogP contribution is -2.32. The Balaban J connectivity index is 2.09. The molecule has 1 aliphatic carbocycles. The van der Waals surface area contributed by atoms with E-state index in [1.165, 1.54) is 32.1 Å². The van der Waals surface area contributed by atoms with Crippen molar-refractivity contribution in [2.24, 2.45) is 0 Å². The molecule has 2 heteroatoms. The highest BCUT2D eigenvalue weighted by Gasteiger charge is 2.14. The molecule has 78 valence electrons. The molecule has 1 rings (SSSR count). The maximum absolute atomic E-state index is 5.86. The largest absolute Gasteiger partial charge is 0.377 e. The molecule has 13 heavy (non-hydrogen) atoms. The molecule has 1 atom stereocenters. The smallest absolute Gasteiger partial charge is 0.0623 e. The molecular formula is C11H23NO. The first kappa shape index (κ1) is 11.0. The number of nitrogens with one attached hydrogen (secondary N) is 1. The molecule has 0 radical (unpaired) electrons. The van der Waals surface area contributed by atoms with Gasteiger partial charge in [-0.3, -0.25) is 0 Å². The third kappa shape index (κ3) is 4.10. The normalized spacial score (nSPS) is 21.7. The Morgan fingerprint density at radius 3 is 2.54 bits per heavy atom. The van der Waals surface area contributed by atoms with Gasteiger partial charge in [0, 0.05) is 6.04 Å². The van der Waals surface area contributed by atoms with Gasteiger partial charge in [0.05, 0.1) is 12.7 Å². The minimum atomic E-state index is 0.543. The van der Waals surface area contributed by atoms with E-state index in [9.17, 15) is 0 Å². The van der Waals surface area contributed by atoms with Crippen LogP contribution in [-0.2, 0) is 4.74 Å². The Morgan fingerprint density at radius 2 is 2.00 bits per heavy atom. The number of rotatable bonds is 5. The standard InChI is InChI=1S/C11H23NO/c1-3-10(12-2)9-13-11-7-5-4-6-8-11/h10-12H,3-9H2,1-2H3. The van der Waals surface area contributed by atoms with Gasteiger partial charge in [0.15, 0.2) is 0 Å². The zero-order valence-electron chi connectivity index (χ0n) is 9.01. The summed E-state index contributed by atoms with van der Waals surface area (Å²) in [5.41, 5.74) is 0. The van der Waals surface area contributed by atoms with E-state index in [0.29, 0.717) is 12.1 Å². The number of hydrogen-bond acceptors (Lipinski definition) is 2. The molecule has 1 unspecified atom stereocenters. The Morgan fingerprint density at radius 1 is 1.31 bits per heavy atom. The third-order valence-corrected chi connectivity index (χ3v) is 2.99. The molecule has 0 saturated heterocycles. The van der Waals surface area contributed by atoms with Gasteiger partial charge in [0.1, 0.15) is 0 Å². The summed E-state index contributed by atoms with van der Waals surface area (Å²) in [6, 6.07) is 0.543. The van der Waals surface area contributed by atoms with Crippen molar-refractivity contribution in [1.82, 2.24) is 5.32 Å². The average molecular weight is 185 g/mol. The number of hydrogen-bond donors (Lipinski definition) is 1. The van der Waals surface area contributed by atoms with Crippen molar-refractivity contribution in [1.29, 1.82) is 0 Å². The summed E-state index contributed by atoms with van der Waals surface area (Å²) in [6.07, 6.45) is 8.39. The predicted molar refractivity (Wildman–Crippen MR) is 56.0 cm³/mol. The van der Waals surface area contributed by atoms with Crippen LogP contribution in [0.2, 0.25) is 0 Å². The summed E-state index contributed by atoms with van der Waals surface area (Å²) in [5, 5.41) is 3.27. The van der Waals surface area contributed by atoms with Crippen LogP contribution in [0.25, 0.3) is 0 Å². The fourth-order valence-electron chi connectivity index (χ4n) is 1.89. The molecule has 0 aromatic rings. The summed E-state index contributed by atoms with van der Waals surface area (Å²) in [5.74, 6) is 0. The maximum Gasteiger partial charge on any atom is 0.0623 e. The average Bonchev–Trinajstić information content (AvgIpc) is 2.21. The van der Waals surface area contributed by atoms with Gasteiger partial charge in [-0.05, 0) is 26.3 Å². The fourth-order valence-corrected chi connectivity index (χ4v) is 1.89. The van der Waals surface area contributed by atoms with Crippen molar-refractivity contribution in [2.45, 2.75) is 57.6 Å². The monoisotopic (exact) mass is 185 g/mol. The topological polar surface area (TPSA) is 21.3 Å². The van der Waals surface area contributed by atoms with Gasteiger partial charge in [-0.2, -0.15) is 0 Å². The molecule has 0 heterocycles. The highest BCUT2D eigenvalue weighted by atomic mass is 16.5. The Hall–Kier alpha value is -0.0800. The van der Waals surface area contributed by atoms with Crippen LogP contribution in [0.1, 0.15) is 45.4 Å². The van der Waals surface area contributed by atoms with Crippen LogP contribution in [0.4, 0.5) is 0 Å². The summed E-state index contributed by atoms with van der Waals surface area (Å²) in [7, 11) is 2.01. The van der Waals surface area contributed by atoms with Gasteiger partial charge in [-0.1, -0.05) is 26.2 Å². The van der Waals surface area contributed by atoms with E-state index in [0.717, 1.165) is 13.0 Å². The molecule has 2 nitrogen and oxygen atoms in total. The quantitative estimate of drug-likeness (QED) is 0.710. The first-order valence-electron chi connectivity index (χ1n) is 5.65. The van der Waals surface area contributed by atoms with E-state index < -0.39 is 0 Å². The van der Waals surface area contributed by atoms with Crippen LogP contribution in [-0.4, -0.2) is 25.8 Å². The van der Waals surface area contributed by atoms with Crippen LogP contribution in [0.3, 0.4) is 0 Å². The first-order valence-corrected chi connectivity index (χ1v) is 5.65. The second-order valence-corrected chi connectivity index (χ2v) is 3.99. The van der Waals surface area contributed by atoms with E-state index in [4.69, 9.17) is 4.74 Å². The van der Waals surface area contributed by atoms with Gasteiger partial charge in [-0.15, -0.1) is 0 Å².